The maximum atomic E-state index is 9.40. The highest BCUT2D eigenvalue weighted by Crippen LogP contribution is 2.31. The maximum absolute atomic E-state index is 9.40. The van der Waals surface area contributed by atoms with E-state index in [0.717, 1.165) is 33.9 Å². The van der Waals surface area contributed by atoms with Gasteiger partial charge in [0, 0.05) is 15.8 Å². The zero-order chi connectivity index (χ0) is 14.8. The molecule has 3 nitrogen and oxygen atoms in total. The standard InChI is InChI=1S/C17H17ClN2O/c1-2-12(10-21)19-17-14-6-4-3-5-13(14)15-9-11(18)7-8-16(15)20-17/h3-9,12,21H,2,10H2,1H3,(H,19,20)/t12-/m0/s1. The minimum absolute atomic E-state index is 0.00524. The highest BCUT2D eigenvalue weighted by atomic mass is 35.5. The summed E-state index contributed by atoms with van der Waals surface area (Å²) in [5.74, 6) is 0.807. The second-order valence-electron chi connectivity index (χ2n) is 5.10. The summed E-state index contributed by atoms with van der Waals surface area (Å²) in [6, 6.07) is 13.8. The van der Waals surface area contributed by atoms with E-state index in [1.54, 1.807) is 0 Å². The van der Waals surface area contributed by atoms with Gasteiger partial charge in [-0.05, 0) is 30.0 Å². The van der Waals surface area contributed by atoms with E-state index in [1.165, 1.54) is 0 Å². The first kappa shape index (κ1) is 14.1. The molecule has 0 fully saturated rings. The molecule has 0 saturated carbocycles. The molecule has 0 unspecified atom stereocenters. The Balaban J connectivity index is 2.25. The fraction of sp³-hybridized carbons (Fsp3) is 0.235. The number of hydrogen-bond donors (Lipinski definition) is 2. The fourth-order valence-corrected chi connectivity index (χ4v) is 2.68. The molecule has 0 aliphatic carbocycles. The van der Waals surface area contributed by atoms with E-state index in [1.807, 2.05) is 43.3 Å². The SMILES string of the molecule is CC[C@@H](CO)Nc1nc2ccc(Cl)cc2c2ccccc12. The van der Waals surface area contributed by atoms with E-state index >= 15 is 0 Å². The number of nitrogens with one attached hydrogen (secondary N) is 1. The smallest absolute Gasteiger partial charge is 0.134 e. The number of hydrogen-bond acceptors (Lipinski definition) is 3. The molecule has 3 aromatic rings. The molecule has 0 aliphatic rings. The van der Waals surface area contributed by atoms with Gasteiger partial charge in [0.1, 0.15) is 5.82 Å². The van der Waals surface area contributed by atoms with Gasteiger partial charge in [-0.2, -0.15) is 0 Å². The summed E-state index contributed by atoms with van der Waals surface area (Å²) >= 11 is 6.11. The lowest BCUT2D eigenvalue weighted by molar-refractivity contribution is 0.271. The third kappa shape index (κ3) is 2.67. The number of halogens is 1. The van der Waals surface area contributed by atoms with E-state index in [0.29, 0.717) is 5.02 Å². The van der Waals surface area contributed by atoms with Crippen molar-refractivity contribution < 1.29 is 5.11 Å². The second-order valence-corrected chi connectivity index (χ2v) is 5.54. The third-order valence-electron chi connectivity index (χ3n) is 3.72. The van der Waals surface area contributed by atoms with Crippen LogP contribution in [0.3, 0.4) is 0 Å². The van der Waals surface area contributed by atoms with Crippen molar-refractivity contribution >= 4 is 39.1 Å². The van der Waals surface area contributed by atoms with E-state index < -0.39 is 0 Å². The van der Waals surface area contributed by atoms with Gasteiger partial charge in [-0.15, -0.1) is 0 Å². The summed E-state index contributed by atoms with van der Waals surface area (Å²) in [5, 5.41) is 16.6. The van der Waals surface area contributed by atoms with Crippen LogP contribution in [-0.2, 0) is 0 Å². The summed E-state index contributed by atoms with van der Waals surface area (Å²) in [7, 11) is 0. The molecule has 0 radical (unpaired) electrons. The van der Waals surface area contributed by atoms with Crippen molar-refractivity contribution in [3.63, 3.8) is 0 Å². The molecule has 0 spiro atoms. The summed E-state index contributed by atoms with van der Waals surface area (Å²) in [5.41, 5.74) is 0.897. The summed E-state index contributed by atoms with van der Waals surface area (Å²) in [4.78, 5) is 4.70. The minimum atomic E-state index is 0.00524. The van der Waals surface area contributed by atoms with Crippen LogP contribution in [0.5, 0.6) is 0 Å². The first-order valence-electron chi connectivity index (χ1n) is 7.08. The molecule has 0 aliphatic heterocycles. The van der Waals surface area contributed by atoms with Crippen molar-refractivity contribution in [3.05, 3.63) is 47.5 Å². The molecule has 0 bridgehead atoms. The van der Waals surface area contributed by atoms with Gasteiger partial charge in [0.05, 0.1) is 18.2 Å². The highest BCUT2D eigenvalue weighted by Gasteiger charge is 2.11. The molecule has 1 aromatic heterocycles. The lowest BCUT2D eigenvalue weighted by atomic mass is 10.1. The van der Waals surface area contributed by atoms with E-state index in [9.17, 15) is 5.11 Å². The fourth-order valence-electron chi connectivity index (χ4n) is 2.51. The van der Waals surface area contributed by atoms with Crippen LogP contribution in [0.1, 0.15) is 13.3 Å². The molecule has 108 valence electrons. The van der Waals surface area contributed by atoms with Gasteiger partial charge in [0.2, 0.25) is 0 Å². The molecule has 1 heterocycles. The number of fused-ring (bicyclic) bond motifs is 3. The predicted octanol–water partition coefficient (Wildman–Crippen LogP) is 4.22. The lowest BCUT2D eigenvalue weighted by Crippen LogP contribution is -2.23. The molecular weight excluding hydrogens is 284 g/mol. The van der Waals surface area contributed by atoms with Crippen LogP contribution in [0.15, 0.2) is 42.5 Å². The summed E-state index contributed by atoms with van der Waals surface area (Å²) in [6.07, 6.45) is 0.838. The maximum Gasteiger partial charge on any atom is 0.134 e. The number of benzene rings is 2. The molecule has 0 saturated heterocycles. The zero-order valence-electron chi connectivity index (χ0n) is 11.8. The number of nitrogens with zero attached hydrogens (tertiary/aromatic N) is 1. The highest BCUT2D eigenvalue weighted by molar-refractivity contribution is 6.31. The van der Waals surface area contributed by atoms with Gasteiger partial charge in [0.15, 0.2) is 0 Å². The average Bonchev–Trinajstić information content (AvgIpc) is 2.53. The largest absolute Gasteiger partial charge is 0.394 e. The first-order valence-corrected chi connectivity index (χ1v) is 7.46. The van der Waals surface area contributed by atoms with Gasteiger partial charge in [-0.25, -0.2) is 4.98 Å². The molecule has 2 N–H and O–H groups in total. The van der Waals surface area contributed by atoms with Crippen LogP contribution in [0, 0.1) is 0 Å². The van der Waals surface area contributed by atoms with Crippen molar-refractivity contribution in [2.24, 2.45) is 0 Å². The van der Waals surface area contributed by atoms with Gasteiger partial charge in [-0.3, -0.25) is 0 Å². The van der Waals surface area contributed by atoms with Crippen molar-refractivity contribution in [1.82, 2.24) is 4.98 Å². The van der Waals surface area contributed by atoms with E-state index in [-0.39, 0.29) is 12.6 Å². The molecule has 0 amide bonds. The quantitative estimate of drug-likeness (QED) is 0.709. The molecule has 21 heavy (non-hydrogen) atoms. The Bertz CT molecular complexity index is 784. The van der Waals surface area contributed by atoms with Gasteiger partial charge >= 0.3 is 0 Å². The number of aliphatic hydroxyl groups excluding tert-OH is 1. The zero-order valence-corrected chi connectivity index (χ0v) is 12.6. The number of rotatable bonds is 4. The topological polar surface area (TPSA) is 45.1 Å². The van der Waals surface area contributed by atoms with Crippen LogP contribution in [0.25, 0.3) is 21.7 Å². The van der Waals surface area contributed by atoms with Crippen molar-refractivity contribution in [2.75, 3.05) is 11.9 Å². The summed E-state index contributed by atoms with van der Waals surface area (Å²) < 4.78 is 0. The second kappa shape index (κ2) is 5.88. The third-order valence-corrected chi connectivity index (χ3v) is 3.95. The normalized spacial score (nSPS) is 12.7. The molecule has 1 atom stereocenters. The monoisotopic (exact) mass is 300 g/mol. The van der Waals surface area contributed by atoms with Crippen LogP contribution in [0.2, 0.25) is 5.02 Å². The average molecular weight is 301 g/mol. The van der Waals surface area contributed by atoms with Crippen molar-refractivity contribution in [3.8, 4) is 0 Å². The lowest BCUT2D eigenvalue weighted by Gasteiger charge is -2.17. The minimum Gasteiger partial charge on any atom is -0.394 e. The molecular formula is C17H17ClN2O. The van der Waals surface area contributed by atoms with Crippen molar-refractivity contribution in [2.45, 2.75) is 19.4 Å². The molecule has 3 rings (SSSR count). The Kier molecular flexibility index (Phi) is 3.95. The van der Waals surface area contributed by atoms with Gasteiger partial charge < -0.3 is 10.4 Å². The van der Waals surface area contributed by atoms with Crippen LogP contribution in [-0.4, -0.2) is 22.7 Å². The Morgan fingerprint density at radius 1 is 1.14 bits per heavy atom. The van der Waals surface area contributed by atoms with E-state index in [4.69, 9.17) is 16.6 Å². The number of pyridine rings is 1. The van der Waals surface area contributed by atoms with Crippen LogP contribution < -0.4 is 5.32 Å². The van der Waals surface area contributed by atoms with Gasteiger partial charge in [0.25, 0.3) is 0 Å². The number of anilines is 1. The Morgan fingerprint density at radius 3 is 2.62 bits per heavy atom. The van der Waals surface area contributed by atoms with Gasteiger partial charge in [-0.1, -0.05) is 42.8 Å². The van der Waals surface area contributed by atoms with Crippen molar-refractivity contribution in [1.29, 1.82) is 0 Å². The Hall–Kier alpha value is -1.84. The number of aliphatic hydroxyl groups is 1. The molecule has 4 heteroatoms. The first-order chi connectivity index (χ1) is 10.2. The Labute approximate surface area is 128 Å². The summed E-state index contributed by atoms with van der Waals surface area (Å²) in [6.45, 7) is 2.13. The predicted molar refractivity (Wildman–Crippen MR) is 89.0 cm³/mol. The molecule has 2 aromatic carbocycles. The number of aromatic nitrogens is 1. The Morgan fingerprint density at radius 2 is 1.90 bits per heavy atom. The van der Waals surface area contributed by atoms with E-state index in [2.05, 4.69) is 11.4 Å². The van der Waals surface area contributed by atoms with Crippen LogP contribution >= 0.6 is 11.6 Å². The van der Waals surface area contributed by atoms with Crippen LogP contribution in [0.4, 0.5) is 5.82 Å².